The standard InChI is InChI=1S/C11H18O2/c1-4-5-6-10(7-9(2)3)8-11(12)13/h4,7,10H,1,5-6,8H2,2-3H3,(H,12,13)/t10-/m0/s1. The fraction of sp³-hybridized carbons (Fsp3) is 0.545. The van der Waals surface area contributed by atoms with Crippen molar-refractivity contribution in [2.75, 3.05) is 0 Å². The van der Waals surface area contributed by atoms with Gasteiger partial charge in [-0.2, -0.15) is 0 Å². The lowest BCUT2D eigenvalue weighted by molar-refractivity contribution is -0.137. The average molecular weight is 182 g/mol. The Hall–Kier alpha value is -1.05. The molecule has 0 rings (SSSR count). The molecule has 2 heteroatoms. The summed E-state index contributed by atoms with van der Waals surface area (Å²) in [4.78, 5) is 10.5. The molecule has 0 aliphatic heterocycles. The van der Waals surface area contributed by atoms with Crippen molar-refractivity contribution in [2.45, 2.75) is 33.1 Å². The average Bonchev–Trinajstić information content (AvgIpc) is 1.98. The molecule has 1 N–H and O–H groups in total. The quantitative estimate of drug-likeness (QED) is 0.641. The minimum Gasteiger partial charge on any atom is -0.481 e. The molecule has 2 nitrogen and oxygen atoms in total. The van der Waals surface area contributed by atoms with Crippen molar-refractivity contribution in [1.82, 2.24) is 0 Å². The fourth-order valence-corrected chi connectivity index (χ4v) is 1.27. The summed E-state index contributed by atoms with van der Waals surface area (Å²) in [6.45, 7) is 7.60. The first-order chi connectivity index (χ1) is 6.06. The molecule has 13 heavy (non-hydrogen) atoms. The van der Waals surface area contributed by atoms with Gasteiger partial charge in [-0.1, -0.05) is 17.7 Å². The minimum atomic E-state index is -0.730. The van der Waals surface area contributed by atoms with Crippen LogP contribution in [0.25, 0.3) is 0 Å². The van der Waals surface area contributed by atoms with E-state index in [1.54, 1.807) is 0 Å². The van der Waals surface area contributed by atoms with Crippen LogP contribution in [0.15, 0.2) is 24.3 Å². The first-order valence-electron chi connectivity index (χ1n) is 4.54. The van der Waals surface area contributed by atoms with Gasteiger partial charge in [0.1, 0.15) is 0 Å². The number of rotatable bonds is 6. The van der Waals surface area contributed by atoms with Gasteiger partial charge >= 0.3 is 5.97 Å². The molecule has 0 aromatic carbocycles. The summed E-state index contributed by atoms with van der Waals surface area (Å²) < 4.78 is 0. The SMILES string of the molecule is C=CCC[C@@H](C=C(C)C)CC(=O)O. The van der Waals surface area contributed by atoms with E-state index in [2.05, 4.69) is 6.58 Å². The summed E-state index contributed by atoms with van der Waals surface area (Å²) >= 11 is 0. The van der Waals surface area contributed by atoms with Crippen molar-refractivity contribution in [3.05, 3.63) is 24.3 Å². The summed E-state index contributed by atoms with van der Waals surface area (Å²) in [5.74, 6) is -0.577. The Kier molecular flexibility index (Phi) is 5.94. The van der Waals surface area contributed by atoms with E-state index in [1.807, 2.05) is 26.0 Å². The highest BCUT2D eigenvalue weighted by Gasteiger charge is 2.09. The van der Waals surface area contributed by atoms with Gasteiger partial charge in [0.25, 0.3) is 0 Å². The second-order valence-electron chi connectivity index (χ2n) is 3.47. The van der Waals surface area contributed by atoms with Crippen molar-refractivity contribution in [2.24, 2.45) is 5.92 Å². The third-order valence-electron chi connectivity index (χ3n) is 1.75. The van der Waals surface area contributed by atoms with Crippen LogP contribution < -0.4 is 0 Å². The molecule has 0 aromatic heterocycles. The highest BCUT2D eigenvalue weighted by atomic mass is 16.4. The van der Waals surface area contributed by atoms with Crippen molar-refractivity contribution >= 4 is 5.97 Å². The van der Waals surface area contributed by atoms with E-state index >= 15 is 0 Å². The Morgan fingerprint density at radius 1 is 1.54 bits per heavy atom. The Labute approximate surface area is 80.0 Å². The molecule has 0 fully saturated rings. The Morgan fingerprint density at radius 3 is 2.54 bits per heavy atom. The number of hydrogen-bond acceptors (Lipinski definition) is 1. The summed E-state index contributed by atoms with van der Waals surface area (Å²) in [6, 6.07) is 0. The molecule has 74 valence electrons. The monoisotopic (exact) mass is 182 g/mol. The fourth-order valence-electron chi connectivity index (χ4n) is 1.27. The molecule has 0 heterocycles. The number of carboxylic acids is 1. The van der Waals surface area contributed by atoms with Crippen molar-refractivity contribution in [3.8, 4) is 0 Å². The van der Waals surface area contributed by atoms with E-state index in [0.717, 1.165) is 12.8 Å². The molecular formula is C11H18O2. The number of aliphatic carboxylic acids is 1. The molecular weight excluding hydrogens is 164 g/mol. The zero-order valence-corrected chi connectivity index (χ0v) is 8.42. The van der Waals surface area contributed by atoms with Crippen LogP contribution >= 0.6 is 0 Å². The van der Waals surface area contributed by atoms with Gasteiger partial charge in [-0.15, -0.1) is 6.58 Å². The van der Waals surface area contributed by atoms with Crippen LogP contribution in [0.2, 0.25) is 0 Å². The van der Waals surface area contributed by atoms with E-state index in [-0.39, 0.29) is 12.3 Å². The number of hydrogen-bond donors (Lipinski definition) is 1. The van der Waals surface area contributed by atoms with Crippen molar-refractivity contribution in [1.29, 1.82) is 0 Å². The number of carbonyl (C=O) groups is 1. The van der Waals surface area contributed by atoms with E-state index in [4.69, 9.17) is 5.11 Å². The van der Waals surface area contributed by atoms with Crippen molar-refractivity contribution in [3.63, 3.8) is 0 Å². The summed E-state index contributed by atoms with van der Waals surface area (Å²) in [7, 11) is 0. The lowest BCUT2D eigenvalue weighted by Crippen LogP contribution is -2.05. The molecule has 0 aromatic rings. The Bertz CT molecular complexity index is 200. The zero-order valence-electron chi connectivity index (χ0n) is 8.42. The predicted molar refractivity (Wildman–Crippen MR) is 54.6 cm³/mol. The lowest BCUT2D eigenvalue weighted by atomic mass is 9.97. The maximum Gasteiger partial charge on any atom is 0.303 e. The van der Waals surface area contributed by atoms with Crippen LogP contribution in [-0.4, -0.2) is 11.1 Å². The largest absolute Gasteiger partial charge is 0.481 e. The number of carboxylic acid groups (broad SMARTS) is 1. The molecule has 0 aliphatic rings. The van der Waals surface area contributed by atoms with Gasteiger partial charge in [-0.25, -0.2) is 0 Å². The van der Waals surface area contributed by atoms with Crippen LogP contribution in [0.5, 0.6) is 0 Å². The van der Waals surface area contributed by atoms with Gasteiger partial charge in [-0.3, -0.25) is 4.79 Å². The molecule has 0 saturated carbocycles. The Balaban J connectivity index is 4.10. The topological polar surface area (TPSA) is 37.3 Å². The lowest BCUT2D eigenvalue weighted by Gasteiger charge is -2.08. The van der Waals surface area contributed by atoms with Crippen LogP contribution in [-0.2, 0) is 4.79 Å². The zero-order chi connectivity index (χ0) is 10.3. The first kappa shape index (κ1) is 11.9. The van der Waals surface area contributed by atoms with Crippen LogP contribution in [0.4, 0.5) is 0 Å². The van der Waals surface area contributed by atoms with Crippen LogP contribution in [0.1, 0.15) is 33.1 Å². The van der Waals surface area contributed by atoms with Gasteiger partial charge in [0.2, 0.25) is 0 Å². The maximum absolute atomic E-state index is 10.5. The normalized spacial score (nSPS) is 11.8. The third-order valence-corrected chi connectivity index (χ3v) is 1.75. The summed E-state index contributed by atoms with van der Waals surface area (Å²) in [5.41, 5.74) is 1.18. The second-order valence-corrected chi connectivity index (χ2v) is 3.47. The maximum atomic E-state index is 10.5. The highest BCUT2D eigenvalue weighted by molar-refractivity contribution is 5.67. The number of allylic oxidation sites excluding steroid dienone is 3. The minimum absolute atomic E-state index is 0.153. The molecule has 0 amide bonds. The van der Waals surface area contributed by atoms with Crippen molar-refractivity contribution < 1.29 is 9.90 Å². The Morgan fingerprint density at radius 2 is 2.15 bits per heavy atom. The van der Waals surface area contributed by atoms with Crippen LogP contribution in [0, 0.1) is 5.92 Å². The van der Waals surface area contributed by atoms with Crippen LogP contribution in [0.3, 0.4) is 0 Å². The highest BCUT2D eigenvalue weighted by Crippen LogP contribution is 2.15. The predicted octanol–water partition coefficient (Wildman–Crippen LogP) is 3.01. The van der Waals surface area contributed by atoms with Gasteiger partial charge < -0.3 is 5.11 Å². The van der Waals surface area contributed by atoms with Gasteiger partial charge in [0.15, 0.2) is 0 Å². The van der Waals surface area contributed by atoms with Gasteiger partial charge in [0, 0.05) is 0 Å². The van der Waals surface area contributed by atoms with E-state index < -0.39 is 5.97 Å². The second kappa shape index (κ2) is 6.46. The molecule has 0 saturated heterocycles. The first-order valence-corrected chi connectivity index (χ1v) is 4.54. The summed E-state index contributed by atoms with van der Waals surface area (Å²) in [6.07, 6.45) is 5.83. The van der Waals surface area contributed by atoms with E-state index in [9.17, 15) is 4.79 Å². The molecule has 0 unspecified atom stereocenters. The molecule has 0 aliphatic carbocycles. The molecule has 0 radical (unpaired) electrons. The van der Waals surface area contributed by atoms with E-state index in [0.29, 0.717) is 0 Å². The molecule has 0 bridgehead atoms. The third kappa shape index (κ3) is 7.32. The smallest absolute Gasteiger partial charge is 0.303 e. The van der Waals surface area contributed by atoms with Gasteiger partial charge in [-0.05, 0) is 32.6 Å². The van der Waals surface area contributed by atoms with Gasteiger partial charge in [0.05, 0.1) is 6.42 Å². The van der Waals surface area contributed by atoms with E-state index in [1.165, 1.54) is 5.57 Å². The summed E-state index contributed by atoms with van der Waals surface area (Å²) in [5, 5.41) is 8.64. The molecule has 0 spiro atoms. The molecule has 1 atom stereocenters.